The molecule has 16 heavy (non-hydrogen) atoms. The second-order valence-electron chi connectivity index (χ2n) is 3.20. The van der Waals surface area contributed by atoms with Gasteiger partial charge in [-0.15, -0.1) is 0 Å². The standard InChI is InChI=1S/C13H11NO2/c1-16-13-12-7-3-2-5-10(12)9-11(14-13)6-4-8-15/h2-3,5,7,9,15H,8H2,1H3. The second-order valence-corrected chi connectivity index (χ2v) is 3.20. The van der Waals surface area contributed by atoms with Crippen LogP contribution in [0.25, 0.3) is 10.8 Å². The quantitative estimate of drug-likeness (QED) is 0.731. The van der Waals surface area contributed by atoms with Crippen LogP contribution in [-0.2, 0) is 0 Å². The van der Waals surface area contributed by atoms with E-state index in [4.69, 9.17) is 9.84 Å². The Morgan fingerprint density at radius 3 is 2.94 bits per heavy atom. The van der Waals surface area contributed by atoms with Gasteiger partial charge in [-0.05, 0) is 23.4 Å². The van der Waals surface area contributed by atoms with Crippen molar-refractivity contribution in [2.75, 3.05) is 13.7 Å². The van der Waals surface area contributed by atoms with Crippen LogP contribution in [0.15, 0.2) is 30.3 Å². The number of methoxy groups -OCH3 is 1. The summed E-state index contributed by atoms with van der Waals surface area (Å²) in [7, 11) is 1.58. The van der Waals surface area contributed by atoms with Crippen LogP contribution in [0.4, 0.5) is 0 Å². The molecule has 0 saturated carbocycles. The molecular weight excluding hydrogens is 202 g/mol. The summed E-state index contributed by atoms with van der Waals surface area (Å²) < 4.78 is 5.21. The van der Waals surface area contributed by atoms with Crippen LogP contribution >= 0.6 is 0 Å². The predicted octanol–water partition coefficient (Wildman–Crippen LogP) is 1.59. The number of fused-ring (bicyclic) bond motifs is 1. The molecule has 2 aromatic rings. The summed E-state index contributed by atoms with van der Waals surface area (Å²) in [6.07, 6.45) is 0. The van der Waals surface area contributed by atoms with E-state index in [1.807, 2.05) is 30.3 Å². The molecule has 0 amide bonds. The summed E-state index contributed by atoms with van der Waals surface area (Å²) >= 11 is 0. The molecule has 0 atom stereocenters. The first-order valence-electron chi connectivity index (χ1n) is 4.88. The van der Waals surface area contributed by atoms with Crippen LogP contribution < -0.4 is 4.74 Å². The van der Waals surface area contributed by atoms with Crippen LogP contribution in [0.5, 0.6) is 5.88 Å². The van der Waals surface area contributed by atoms with E-state index >= 15 is 0 Å². The first kappa shape index (κ1) is 10.5. The molecule has 0 aliphatic carbocycles. The van der Waals surface area contributed by atoms with Gasteiger partial charge in [0.05, 0.1) is 7.11 Å². The molecule has 0 spiro atoms. The predicted molar refractivity (Wildman–Crippen MR) is 62.3 cm³/mol. The van der Waals surface area contributed by atoms with Gasteiger partial charge in [0, 0.05) is 5.39 Å². The highest BCUT2D eigenvalue weighted by atomic mass is 16.5. The fourth-order valence-electron chi connectivity index (χ4n) is 1.52. The van der Waals surface area contributed by atoms with Crippen molar-refractivity contribution < 1.29 is 9.84 Å². The molecule has 1 aromatic heterocycles. The van der Waals surface area contributed by atoms with Crippen LogP contribution in [0, 0.1) is 11.8 Å². The Morgan fingerprint density at radius 2 is 2.19 bits per heavy atom. The number of aliphatic hydroxyl groups excluding tert-OH is 1. The van der Waals surface area contributed by atoms with Crippen molar-refractivity contribution >= 4 is 10.8 Å². The maximum Gasteiger partial charge on any atom is 0.222 e. The van der Waals surface area contributed by atoms with Crippen LogP contribution in [0.2, 0.25) is 0 Å². The molecule has 1 aromatic carbocycles. The Balaban J connectivity index is 2.63. The van der Waals surface area contributed by atoms with Gasteiger partial charge in [0.15, 0.2) is 0 Å². The van der Waals surface area contributed by atoms with E-state index < -0.39 is 0 Å². The van der Waals surface area contributed by atoms with Crippen molar-refractivity contribution in [3.8, 4) is 17.7 Å². The Hall–Kier alpha value is -2.05. The summed E-state index contributed by atoms with van der Waals surface area (Å²) in [5.74, 6) is 5.89. The molecule has 0 saturated heterocycles. The third-order valence-electron chi connectivity index (χ3n) is 2.19. The third kappa shape index (κ3) is 1.97. The Kier molecular flexibility index (Phi) is 3.04. The van der Waals surface area contributed by atoms with Gasteiger partial charge in [-0.2, -0.15) is 0 Å². The molecule has 3 nitrogen and oxygen atoms in total. The van der Waals surface area contributed by atoms with E-state index in [0.717, 1.165) is 10.8 Å². The molecule has 2 rings (SSSR count). The summed E-state index contributed by atoms with van der Waals surface area (Å²) in [5, 5.41) is 10.6. The maximum atomic E-state index is 8.63. The van der Waals surface area contributed by atoms with E-state index in [0.29, 0.717) is 11.6 Å². The van der Waals surface area contributed by atoms with Crippen molar-refractivity contribution in [3.63, 3.8) is 0 Å². The maximum absolute atomic E-state index is 8.63. The lowest BCUT2D eigenvalue weighted by atomic mass is 10.1. The fraction of sp³-hybridized carbons (Fsp3) is 0.154. The van der Waals surface area contributed by atoms with E-state index in [1.54, 1.807) is 7.11 Å². The summed E-state index contributed by atoms with van der Waals surface area (Å²) in [6, 6.07) is 9.69. The average Bonchev–Trinajstić information content (AvgIpc) is 2.35. The van der Waals surface area contributed by atoms with Gasteiger partial charge >= 0.3 is 0 Å². The first-order chi connectivity index (χ1) is 7.85. The highest BCUT2D eigenvalue weighted by Gasteiger charge is 2.03. The molecule has 0 bridgehead atoms. The minimum Gasteiger partial charge on any atom is -0.481 e. The zero-order chi connectivity index (χ0) is 11.4. The van der Waals surface area contributed by atoms with Gasteiger partial charge in [-0.1, -0.05) is 24.1 Å². The minimum atomic E-state index is -0.170. The molecule has 0 radical (unpaired) electrons. The van der Waals surface area contributed by atoms with Gasteiger partial charge in [0.1, 0.15) is 12.3 Å². The molecule has 3 heteroatoms. The van der Waals surface area contributed by atoms with Gasteiger partial charge in [-0.3, -0.25) is 0 Å². The van der Waals surface area contributed by atoms with Gasteiger partial charge in [0.25, 0.3) is 0 Å². The number of pyridine rings is 1. The summed E-state index contributed by atoms with van der Waals surface area (Å²) in [5.41, 5.74) is 0.601. The average molecular weight is 213 g/mol. The Bertz CT molecular complexity index is 567. The highest BCUT2D eigenvalue weighted by molar-refractivity contribution is 5.87. The van der Waals surface area contributed by atoms with Crippen molar-refractivity contribution in [3.05, 3.63) is 36.0 Å². The Labute approximate surface area is 93.7 Å². The fourth-order valence-corrected chi connectivity index (χ4v) is 1.52. The van der Waals surface area contributed by atoms with Crippen molar-refractivity contribution in [1.82, 2.24) is 4.98 Å². The van der Waals surface area contributed by atoms with E-state index in [2.05, 4.69) is 16.8 Å². The third-order valence-corrected chi connectivity index (χ3v) is 2.19. The number of nitrogens with zero attached hydrogens (tertiary/aromatic N) is 1. The number of aromatic nitrogens is 1. The molecule has 0 aliphatic rings. The zero-order valence-electron chi connectivity index (χ0n) is 8.90. The van der Waals surface area contributed by atoms with Gasteiger partial charge < -0.3 is 9.84 Å². The van der Waals surface area contributed by atoms with E-state index in [-0.39, 0.29) is 6.61 Å². The lowest BCUT2D eigenvalue weighted by Crippen LogP contribution is -1.92. The number of hydrogen-bond acceptors (Lipinski definition) is 3. The molecule has 80 valence electrons. The lowest BCUT2D eigenvalue weighted by Gasteiger charge is -2.04. The number of rotatable bonds is 1. The zero-order valence-corrected chi connectivity index (χ0v) is 8.90. The topological polar surface area (TPSA) is 42.4 Å². The summed E-state index contributed by atoms with van der Waals surface area (Å²) in [4.78, 5) is 4.25. The molecule has 0 fully saturated rings. The van der Waals surface area contributed by atoms with Crippen LogP contribution in [-0.4, -0.2) is 23.8 Å². The second kappa shape index (κ2) is 4.65. The minimum absolute atomic E-state index is 0.170. The Morgan fingerprint density at radius 1 is 1.38 bits per heavy atom. The highest BCUT2D eigenvalue weighted by Crippen LogP contribution is 2.23. The van der Waals surface area contributed by atoms with Crippen molar-refractivity contribution in [2.24, 2.45) is 0 Å². The number of hydrogen-bond donors (Lipinski definition) is 1. The smallest absolute Gasteiger partial charge is 0.222 e. The normalized spacial score (nSPS) is 9.62. The number of ether oxygens (including phenoxy) is 1. The molecule has 1 N–H and O–H groups in total. The number of aliphatic hydroxyl groups is 1. The molecule has 0 unspecified atom stereocenters. The van der Waals surface area contributed by atoms with E-state index in [9.17, 15) is 0 Å². The number of benzene rings is 1. The van der Waals surface area contributed by atoms with Crippen LogP contribution in [0.1, 0.15) is 5.69 Å². The SMILES string of the molecule is COc1nc(C#CCO)cc2ccccc12. The first-order valence-corrected chi connectivity index (χ1v) is 4.88. The van der Waals surface area contributed by atoms with Crippen molar-refractivity contribution in [2.45, 2.75) is 0 Å². The van der Waals surface area contributed by atoms with Gasteiger partial charge in [-0.25, -0.2) is 4.98 Å². The van der Waals surface area contributed by atoms with Crippen molar-refractivity contribution in [1.29, 1.82) is 0 Å². The lowest BCUT2D eigenvalue weighted by molar-refractivity contribution is 0.350. The monoisotopic (exact) mass is 213 g/mol. The largest absolute Gasteiger partial charge is 0.481 e. The van der Waals surface area contributed by atoms with Crippen LogP contribution in [0.3, 0.4) is 0 Å². The van der Waals surface area contributed by atoms with E-state index in [1.165, 1.54) is 0 Å². The molecular formula is C13H11NO2. The summed E-state index contributed by atoms with van der Waals surface area (Å²) in [6.45, 7) is -0.170. The molecule has 1 heterocycles. The molecule has 0 aliphatic heterocycles. The van der Waals surface area contributed by atoms with Gasteiger partial charge in [0.2, 0.25) is 5.88 Å².